The van der Waals surface area contributed by atoms with Crippen LogP contribution < -0.4 is 5.73 Å². The minimum atomic E-state index is 0.106. The van der Waals surface area contributed by atoms with Crippen molar-refractivity contribution in [3.8, 4) is 5.75 Å². The van der Waals surface area contributed by atoms with Gasteiger partial charge < -0.3 is 15.3 Å². The summed E-state index contributed by atoms with van der Waals surface area (Å²) < 4.78 is 5.27. The van der Waals surface area contributed by atoms with Gasteiger partial charge in [0.2, 0.25) is 0 Å². The number of aromatic hydroxyl groups is 1. The third-order valence-corrected chi connectivity index (χ3v) is 2.12. The number of rotatable bonds is 1. The maximum absolute atomic E-state index is 9.56. The molecule has 0 bridgehead atoms. The van der Waals surface area contributed by atoms with Gasteiger partial charge >= 0.3 is 0 Å². The number of hydrogen-bond donors (Lipinski definition) is 2. The lowest BCUT2D eigenvalue weighted by molar-refractivity contribution is 0.442. The van der Waals surface area contributed by atoms with E-state index in [2.05, 4.69) is 0 Å². The maximum Gasteiger partial charge on any atom is 0.166 e. The zero-order chi connectivity index (χ0) is 9.42. The molecule has 3 nitrogen and oxygen atoms in total. The van der Waals surface area contributed by atoms with Crippen LogP contribution in [0.4, 0.5) is 0 Å². The Morgan fingerprint density at radius 2 is 2.23 bits per heavy atom. The summed E-state index contributed by atoms with van der Waals surface area (Å²) in [5.74, 6) is 0.492. The summed E-state index contributed by atoms with van der Waals surface area (Å²) in [5.41, 5.74) is 5.93. The van der Waals surface area contributed by atoms with Crippen LogP contribution in [0.5, 0.6) is 5.75 Å². The molecule has 1 heterocycles. The van der Waals surface area contributed by atoms with E-state index in [-0.39, 0.29) is 12.3 Å². The molecule has 1 aromatic carbocycles. The highest BCUT2D eigenvalue weighted by Crippen LogP contribution is 2.32. The molecular weight excluding hydrogens is 190 g/mol. The molecule has 0 saturated heterocycles. The predicted octanol–water partition coefficient (Wildman–Crippen LogP) is 2.25. The van der Waals surface area contributed by atoms with Gasteiger partial charge in [-0.25, -0.2) is 0 Å². The second kappa shape index (κ2) is 2.94. The van der Waals surface area contributed by atoms with E-state index in [1.54, 1.807) is 18.2 Å². The molecule has 0 aliphatic rings. The van der Waals surface area contributed by atoms with Crippen LogP contribution in [0.25, 0.3) is 11.0 Å². The lowest BCUT2D eigenvalue weighted by Gasteiger charge is -1.89. The molecule has 0 aliphatic heterocycles. The minimum Gasteiger partial charge on any atom is -0.504 e. The number of furan rings is 1. The Kier molecular flexibility index (Phi) is 1.90. The largest absolute Gasteiger partial charge is 0.504 e. The van der Waals surface area contributed by atoms with Crippen LogP contribution in [0.2, 0.25) is 5.02 Å². The Hall–Kier alpha value is -1.19. The molecule has 0 amide bonds. The molecule has 0 unspecified atom stereocenters. The summed E-state index contributed by atoms with van der Waals surface area (Å²) >= 11 is 5.75. The molecule has 0 spiro atoms. The quantitative estimate of drug-likeness (QED) is 0.737. The SMILES string of the molecule is NCc1oc2cc(Cl)ccc2c1O. The van der Waals surface area contributed by atoms with Crippen molar-refractivity contribution in [2.24, 2.45) is 5.73 Å². The Morgan fingerprint density at radius 3 is 2.92 bits per heavy atom. The summed E-state index contributed by atoms with van der Waals surface area (Å²) in [6.07, 6.45) is 0. The molecule has 0 atom stereocenters. The summed E-state index contributed by atoms with van der Waals surface area (Å²) in [4.78, 5) is 0. The molecule has 2 aromatic rings. The molecule has 0 fully saturated rings. The first-order chi connectivity index (χ1) is 6.22. The topological polar surface area (TPSA) is 59.4 Å². The van der Waals surface area contributed by atoms with Gasteiger partial charge in [0.05, 0.1) is 11.9 Å². The fourth-order valence-corrected chi connectivity index (χ4v) is 1.41. The van der Waals surface area contributed by atoms with E-state index in [1.807, 2.05) is 0 Å². The third kappa shape index (κ3) is 1.26. The molecule has 0 radical (unpaired) electrons. The van der Waals surface area contributed by atoms with Crippen molar-refractivity contribution in [2.75, 3.05) is 0 Å². The van der Waals surface area contributed by atoms with E-state index < -0.39 is 0 Å². The van der Waals surface area contributed by atoms with Gasteiger partial charge in [-0.1, -0.05) is 11.6 Å². The van der Waals surface area contributed by atoms with E-state index in [0.29, 0.717) is 21.8 Å². The molecule has 0 aliphatic carbocycles. The van der Waals surface area contributed by atoms with Crippen molar-refractivity contribution in [1.82, 2.24) is 0 Å². The molecule has 0 saturated carbocycles. The average molecular weight is 198 g/mol. The summed E-state index contributed by atoms with van der Waals surface area (Å²) in [6, 6.07) is 5.05. The highest BCUT2D eigenvalue weighted by Gasteiger charge is 2.11. The van der Waals surface area contributed by atoms with E-state index in [0.717, 1.165) is 0 Å². The molecule has 4 heteroatoms. The van der Waals surface area contributed by atoms with Crippen molar-refractivity contribution in [1.29, 1.82) is 0 Å². The lowest BCUT2D eigenvalue weighted by atomic mass is 10.2. The highest BCUT2D eigenvalue weighted by atomic mass is 35.5. The first kappa shape index (κ1) is 8.41. The molecule has 2 rings (SSSR count). The van der Waals surface area contributed by atoms with Gasteiger partial charge in [0.25, 0.3) is 0 Å². The lowest BCUT2D eigenvalue weighted by Crippen LogP contribution is -1.93. The van der Waals surface area contributed by atoms with Crippen LogP contribution in [0.3, 0.4) is 0 Å². The summed E-state index contributed by atoms with van der Waals surface area (Å²) in [6.45, 7) is 0.179. The van der Waals surface area contributed by atoms with Gasteiger partial charge in [-0.15, -0.1) is 0 Å². The first-order valence-corrected chi connectivity index (χ1v) is 4.20. The number of halogens is 1. The highest BCUT2D eigenvalue weighted by molar-refractivity contribution is 6.31. The maximum atomic E-state index is 9.56. The fourth-order valence-electron chi connectivity index (χ4n) is 1.25. The summed E-state index contributed by atoms with van der Waals surface area (Å²) in [7, 11) is 0. The van der Waals surface area contributed by atoms with Gasteiger partial charge in [-0.3, -0.25) is 0 Å². The standard InChI is InChI=1S/C9H8ClNO2/c10-5-1-2-6-7(3-5)13-8(4-11)9(6)12/h1-3,12H,4,11H2. The molecular formula is C9H8ClNO2. The molecule has 13 heavy (non-hydrogen) atoms. The second-order valence-electron chi connectivity index (χ2n) is 2.72. The number of nitrogens with two attached hydrogens (primary N) is 1. The van der Waals surface area contributed by atoms with E-state index >= 15 is 0 Å². The van der Waals surface area contributed by atoms with Crippen LogP contribution in [0.15, 0.2) is 22.6 Å². The van der Waals surface area contributed by atoms with Crippen molar-refractivity contribution < 1.29 is 9.52 Å². The minimum absolute atomic E-state index is 0.106. The smallest absolute Gasteiger partial charge is 0.166 e. The predicted molar refractivity (Wildman–Crippen MR) is 50.8 cm³/mol. The van der Waals surface area contributed by atoms with Crippen LogP contribution in [-0.2, 0) is 6.54 Å². The molecule has 68 valence electrons. The van der Waals surface area contributed by atoms with E-state index in [9.17, 15) is 5.11 Å². The zero-order valence-electron chi connectivity index (χ0n) is 6.75. The van der Waals surface area contributed by atoms with Crippen LogP contribution >= 0.6 is 11.6 Å². The number of benzene rings is 1. The fraction of sp³-hybridized carbons (Fsp3) is 0.111. The first-order valence-electron chi connectivity index (χ1n) is 3.82. The van der Waals surface area contributed by atoms with Gasteiger partial charge in [0.1, 0.15) is 5.58 Å². The Balaban J connectivity index is 2.76. The Bertz CT molecular complexity index is 450. The average Bonchev–Trinajstić information content (AvgIpc) is 2.42. The van der Waals surface area contributed by atoms with Crippen LogP contribution in [0.1, 0.15) is 5.76 Å². The van der Waals surface area contributed by atoms with Crippen molar-refractivity contribution in [2.45, 2.75) is 6.54 Å². The number of fused-ring (bicyclic) bond motifs is 1. The second-order valence-corrected chi connectivity index (χ2v) is 3.15. The normalized spacial score (nSPS) is 10.9. The zero-order valence-corrected chi connectivity index (χ0v) is 7.51. The van der Waals surface area contributed by atoms with Gasteiger partial charge in [0, 0.05) is 11.1 Å². The molecule has 1 aromatic heterocycles. The monoisotopic (exact) mass is 197 g/mol. The summed E-state index contributed by atoms with van der Waals surface area (Å²) in [5, 5.41) is 10.8. The van der Waals surface area contributed by atoms with Crippen molar-refractivity contribution in [3.05, 3.63) is 29.0 Å². The Labute approximate surface area is 79.7 Å². The van der Waals surface area contributed by atoms with Crippen molar-refractivity contribution in [3.63, 3.8) is 0 Å². The van der Waals surface area contributed by atoms with E-state index in [1.165, 1.54) is 0 Å². The number of hydrogen-bond acceptors (Lipinski definition) is 3. The molecule has 3 N–H and O–H groups in total. The van der Waals surface area contributed by atoms with Gasteiger partial charge in [-0.2, -0.15) is 0 Å². The Morgan fingerprint density at radius 1 is 1.46 bits per heavy atom. The van der Waals surface area contributed by atoms with Crippen LogP contribution in [-0.4, -0.2) is 5.11 Å². The van der Waals surface area contributed by atoms with Crippen LogP contribution in [0, 0.1) is 0 Å². The van der Waals surface area contributed by atoms with Gasteiger partial charge in [0.15, 0.2) is 11.5 Å². The van der Waals surface area contributed by atoms with Crippen molar-refractivity contribution >= 4 is 22.6 Å². The third-order valence-electron chi connectivity index (χ3n) is 1.88. The van der Waals surface area contributed by atoms with Gasteiger partial charge in [-0.05, 0) is 12.1 Å². The van der Waals surface area contributed by atoms with E-state index in [4.69, 9.17) is 21.8 Å².